The van der Waals surface area contributed by atoms with E-state index < -0.39 is 0 Å². The molecule has 1 aromatic carbocycles. The van der Waals surface area contributed by atoms with Gasteiger partial charge in [0.25, 0.3) is 0 Å². The van der Waals surface area contributed by atoms with Gasteiger partial charge in [0, 0.05) is 12.0 Å². The first-order valence-electron chi connectivity index (χ1n) is 6.13. The van der Waals surface area contributed by atoms with Crippen molar-refractivity contribution in [3.05, 3.63) is 29.3 Å². The number of aliphatic imine (C=N–C) groups is 1. The van der Waals surface area contributed by atoms with Crippen LogP contribution in [0.5, 0.6) is 5.75 Å². The second-order valence-corrected chi connectivity index (χ2v) is 5.00. The number of nitrogens with zero attached hydrogens (tertiary/aromatic N) is 1. The molecule has 1 aromatic rings. The van der Waals surface area contributed by atoms with Crippen molar-refractivity contribution in [3.63, 3.8) is 0 Å². The number of carbonyl (C=O) groups excluding carboxylic acids is 1. The summed E-state index contributed by atoms with van der Waals surface area (Å²) in [4.78, 5) is 14.7. The van der Waals surface area contributed by atoms with Crippen LogP contribution in [-0.2, 0) is 16.8 Å². The van der Waals surface area contributed by atoms with Crippen LogP contribution in [0.3, 0.4) is 0 Å². The molecule has 1 unspecified atom stereocenters. The molecule has 0 bridgehead atoms. The molecular formula is C14H15NO2. The van der Waals surface area contributed by atoms with Crippen molar-refractivity contribution in [2.45, 2.75) is 44.2 Å². The highest BCUT2D eigenvalue weighted by Gasteiger charge is 2.42. The SMILES string of the molecule is CC1Cc2c(cccc2C2(N=C=O)CCC2)O1. The summed E-state index contributed by atoms with van der Waals surface area (Å²) in [6.45, 7) is 2.07. The van der Waals surface area contributed by atoms with Gasteiger partial charge in [-0.1, -0.05) is 12.1 Å². The Morgan fingerprint density at radius 2 is 2.29 bits per heavy atom. The molecular weight excluding hydrogens is 214 g/mol. The van der Waals surface area contributed by atoms with Crippen molar-refractivity contribution in [1.29, 1.82) is 0 Å². The minimum Gasteiger partial charge on any atom is -0.490 e. The molecule has 0 amide bonds. The van der Waals surface area contributed by atoms with Crippen LogP contribution in [-0.4, -0.2) is 12.2 Å². The smallest absolute Gasteiger partial charge is 0.235 e. The van der Waals surface area contributed by atoms with E-state index in [0.29, 0.717) is 0 Å². The predicted molar refractivity (Wildman–Crippen MR) is 63.9 cm³/mol. The molecule has 0 saturated heterocycles. The summed E-state index contributed by atoms with van der Waals surface area (Å²) in [6, 6.07) is 6.08. The van der Waals surface area contributed by atoms with E-state index in [1.54, 1.807) is 6.08 Å². The van der Waals surface area contributed by atoms with Crippen LogP contribution in [0.15, 0.2) is 23.2 Å². The van der Waals surface area contributed by atoms with Crippen LogP contribution >= 0.6 is 0 Å². The zero-order valence-corrected chi connectivity index (χ0v) is 9.90. The molecule has 3 rings (SSSR count). The van der Waals surface area contributed by atoms with E-state index in [4.69, 9.17) is 4.74 Å². The predicted octanol–water partition coefficient (Wildman–Crippen LogP) is 2.73. The first-order chi connectivity index (χ1) is 8.25. The molecule has 1 saturated carbocycles. The third-order valence-electron chi connectivity index (χ3n) is 3.89. The fourth-order valence-corrected chi connectivity index (χ4v) is 2.91. The average Bonchev–Trinajstić information content (AvgIpc) is 2.63. The van der Waals surface area contributed by atoms with E-state index in [-0.39, 0.29) is 11.6 Å². The van der Waals surface area contributed by atoms with Gasteiger partial charge in [0.15, 0.2) is 0 Å². The van der Waals surface area contributed by atoms with Crippen molar-refractivity contribution in [3.8, 4) is 5.75 Å². The fourth-order valence-electron chi connectivity index (χ4n) is 2.91. The molecule has 0 spiro atoms. The third-order valence-corrected chi connectivity index (χ3v) is 3.89. The average molecular weight is 229 g/mol. The van der Waals surface area contributed by atoms with Crippen molar-refractivity contribution < 1.29 is 9.53 Å². The Balaban J connectivity index is 2.10. The third kappa shape index (κ3) is 1.50. The summed E-state index contributed by atoms with van der Waals surface area (Å²) in [6.07, 6.45) is 5.92. The van der Waals surface area contributed by atoms with Crippen LogP contribution in [0.4, 0.5) is 0 Å². The molecule has 0 radical (unpaired) electrons. The van der Waals surface area contributed by atoms with Crippen molar-refractivity contribution in [1.82, 2.24) is 0 Å². The summed E-state index contributed by atoms with van der Waals surface area (Å²) in [5.74, 6) is 0.961. The van der Waals surface area contributed by atoms with Gasteiger partial charge < -0.3 is 4.74 Å². The van der Waals surface area contributed by atoms with Crippen LogP contribution in [0.25, 0.3) is 0 Å². The lowest BCUT2D eigenvalue weighted by molar-refractivity contribution is 0.253. The summed E-state index contributed by atoms with van der Waals surface area (Å²) < 4.78 is 5.75. The van der Waals surface area contributed by atoms with Gasteiger partial charge in [-0.3, -0.25) is 0 Å². The highest BCUT2D eigenvalue weighted by Crippen LogP contribution is 2.48. The number of fused-ring (bicyclic) bond motifs is 1. The summed E-state index contributed by atoms with van der Waals surface area (Å²) in [7, 11) is 0. The zero-order valence-electron chi connectivity index (χ0n) is 9.90. The Kier molecular flexibility index (Phi) is 2.30. The summed E-state index contributed by atoms with van der Waals surface area (Å²) in [5.41, 5.74) is 2.10. The minimum absolute atomic E-state index is 0.225. The lowest BCUT2D eigenvalue weighted by Gasteiger charge is -2.38. The molecule has 17 heavy (non-hydrogen) atoms. The number of ether oxygens (including phenoxy) is 1. The first-order valence-corrected chi connectivity index (χ1v) is 6.13. The van der Waals surface area contributed by atoms with Crippen LogP contribution in [0.1, 0.15) is 37.3 Å². The van der Waals surface area contributed by atoms with Crippen molar-refractivity contribution in [2.75, 3.05) is 0 Å². The standard InChI is InChI=1S/C14H15NO2/c1-10-8-11-12(4-2-5-13(11)17-10)14(15-9-16)6-3-7-14/h2,4-5,10H,3,6-8H2,1H3. The van der Waals surface area contributed by atoms with Crippen LogP contribution in [0, 0.1) is 0 Å². The number of isocyanates is 1. The number of hydrogen-bond acceptors (Lipinski definition) is 3. The molecule has 1 atom stereocenters. The van der Waals surface area contributed by atoms with E-state index >= 15 is 0 Å². The van der Waals surface area contributed by atoms with Crippen LogP contribution in [0.2, 0.25) is 0 Å². The lowest BCUT2D eigenvalue weighted by Crippen LogP contribution is -2.32. The van der Waals surface area contributed by atoms with Crippen LogP contribution < -0.4 is 4.74 Å². The summed E-state index contributed by atoms with van der Waals surface area (Å²) >= 11 is 0. The molecule has 2 aliphatic rings. The van der Waals surface area contributed by atoms with E-state index in [1.165, 1.54) is 11.1 Å². The maximum absolute atomic E-state index is 10.6. The quantitative estimate of drug-likeness (QED) is 0.577. The lowest BCUT2D eigenvalue weighted by atomic mass is 9.70. The monoisotopic (exact) mass is 229 g/mol. The Hall–Kier alpha value is -1.60. The molecule has 0 N–H and O–H groups in total. The maximum atomic E-state index is 10.6. The second-order valence-electron chi connectivity index (χ2n) is 5.00. The number of benzene rings is 1. The van der Waals surface area contributed by atoms with E-state index in [9.17, 15) is 4.79 Å². The van der Waals surface area contributed by atoms with Gasteiger partial charge in [-0.2, -0.15) is 4.99 Å². The van der Waals surface area contributed by atoms with E-state index in [2.05, 4.69) is 18.0 Å². The van der Waals surface area contributed by atoms with E-state index in [0.717, 1.165) is 31.4 Å². The van der Waals surface area contributed by atoms with Gasteiger partial charge in [0.1, 0.15) is 11.9 Å². The number of hydrogen-bond donors (Lipinski definition) is 0. The second kappa shape index (κ2) is 3.71. The molecule has 1 aliphatic heterocycles. The van der Waals surface area contributed by atoms with Gasteiger partial charge in [0.2, 0.25) is 6.08 Å². The molecule has 0 aromatic heterocycles. The normalized spacial score (nSPS) is 24.2. The minimum atomic E-state index is -0.305. The highest BCUT2D eigenvalue weighted by atomic mass is 16.5. The molecule has 88 valence electrons. The largest absolute Gasteiger partial charge is 0.490 e. The Morgan fingerprint density at radius 1 is 1.47 bits per heavy atom. The van der Waals surface area contributed by atoms with Gasteiger partial charge in [-0.25, -0.2) is 4.79 Å². The first kappa shape index (κ1) is 10.5. The van der Waals surface area contributed by atoms with Crippen molar-refractivity contribution >= 4 is 6.08 Å². The Morgan fingerprint density at radius 3 is 2.94 bits per heavy atom. The molecule has 1 fully saturated rings. The maximum Gasteiger partial charge on any atom is 0.235 e. The van der Waals surface area contributed by atoms with Crippen molar-refractivity contribution in [2.24, 2.45) is 4.99 Å². The highest BCUT2D eigenvalue weighted by molar-refractivity contribution is 5.49. The summed E-state index contributed by atoms with van der Waals surface area (Å²) in [5, 5.41) is 0. The number of rotatable bonds is 2. The molecule has 1 heterocycles. The fraction of sp³-hybridized carbons (Fsp3) is 0.500. The van der Waals surface area contributed by atoms with Gasteiger partial charge in [0.05, 0.1) is 5.54 Å². The van der Waals surface area contributed by atoms with Gasteiger partial charge in [-0.05, 0) is 37.8 Å². The molecule has 3 nitrogen and oxygen atoms in total. The van der Waals surface area contributed by atoms with Gasteiger partial charge >= 0.3 is 0 Å². The molecule has 1 aliphatic carbocycles. The Labute approximate surface area is 101 Å². The van der Waals surface area contributed by atoms with Gasteiger partial charge in [-0.15, -0.1) is 0 Å². The van der Waals surface area contributed by atoms with E-state index in [1.807, 2.05) is 12.1 Å². The topological polar surface area (TPSA) is 38.7 Å². The molecule has 3 heteroatoms. The zero-order chi connectivity index (χ0) is 11.9. The Bertz CT molecular complexity index is 499.